The molecular formula is C25H17Cl2NOS. The molecule has 1 aliphatic rings. The molecule has 0 aliphatic carbocycles. The van der Waals surface area contributed by atoms with Gasteiger partial charge in [-0.05, 0) is 46.5 Å². The molecule has 0 radical (unpaired) electrons. The third kappa shape index (κ3) is 3.65. The SMILES string of the molecule is CC1(c2cc(Cl)cc(Cl)c2)N=C(c2ccc3ccccc3c2)C=C(c2ccsc2)O1. The molecule has 0 saturated carbocycles. The van der Waals surface area contributed by atoms with Gasteiger partial charge in [-0.2, -0.15) is 11.3 Å². The average molecular weight is 450 g/mol. The van der Waals surface area contributed by atoms with Gasteiger partial charge in [0.15, 0.2) is 0 Å². The highest BCUT2D eigenvalue weighted by Crippen LogP contribution is 2.39. The van der Waals surface area contributed by atoms with Gasteiger partial charge in [-0.1, -0.05) is 59.6 Å². The van der Waals surface area contributed by atoms with Gasteiger partial charge < -0.3 is 4.74 Å². The van der Waals surface area contributed by atoms with E-state index >= 15 is 0 Å². The van der Waals surface area contributed by atoms with Crippen LogP contribution in [0.1, 0.15) is 23.6 Å². The van der Waals surface area contributed by atoms with Crippen LogP contribution in [0.15, 0.2) is 88.6 Å². The van der Waals surface area contributed by atoms with Crippen molar-refractivity contribution in [3.63, 3.8) is 0 Å². The number of hydrogen-bond acceptors (Lipinski definition) is 3. The summed E-state index contributed by atoms with van der Waals surface area (Å²) in [7, 11) is 0. The first-order valence-corrected chi connectivity index (χ1v) is 11.2. The van der Waals surface area contributed by atoms with E-state index in [0.717, 1.165) is 28.2 Å². The van der Waals surface area contributed by atoms with Crippen LogP contribution in [-0.4, -0.2) is 5.71 Å². The smallest absolute Gasteiger partial charge is 0.224 e. The molecular weight excluding hydrogens is 433 g/mol. The average Bonchev–Trinajstić information content (AvgIpc) is 3.27. The molecule has 1 aliphatic heterocycles. The highest BCUT2D eigenvalue weighted by molar-refractivity contribution is 7.08. The Morgan fingerprint density at radius 2 is 1.63 bits per heavy atom. The lowest BCUT2D eigenvalue weighted by Gasteiger charge is -2.32. The summed E-state index contributed by atoms with van der Waals surface area (Å²) < 4.78 is 6.42. The molecule has 1 unspecified atom stereocenters. The summed E-state index contributed by atoms with van der Waals surface area (Å²) in [5, 5.41) is 7.57. The number of ether oxygens (including phenoxy) is 1. The number of hydrogen-bond donors (Lipinski definition) is 0. The second-order valence-corrected chi connectivity index (χ2v) is 8.98. The van der Waals surface area contributed by atoms with Gasteiger partial charge >= 0.3 is 0 Å². The lowest BCUT2D eigenvalue weighted by Crippen LogP contribution is -2.28. The number of allylic oxidation sites excluding steroid dienone is 1. The first kappa shape index (κ1) is 19.4. The normalized spacial score (nSPS) is 18.6. The lowest BCUT2D eigenvalue weighted by atomic mass is 9.99. The van der Waals surface area contributed by atoms with Crippen LogP contribution < -0.4 is 0 Å². The number of halogens is 2. The highest BCUT2D eigenvalue weighted by atomic mass is 35.5. The van der Waals surface area contributed by atoms with Gasteiger partial charge in [0.1, 0.15) is 5.76 Å². The molecule has 3 aromatic carbocycles. The Morgan fingerprint density at radius 3 is 2.37 bits per heavy atom. The van der Waals surface area contributed by atoms with Crippen LogP contribution in [0.4, 0.5) is 0 Å². The highest BCUT2D eigenvalue weighted by Gasteiger charge is 2.34. The number of thiophene rings is 1. The monoisotopic (exact) mass is 449 g/mol. The van der Waals surface area contributed by atoms with Gasteiger partial charge in [0.05, 0.1) is 5.71 Å². The zero-order valence-electron chi connectivity index (χ0n) is 16.1. The lowest BCUT2D eigenvalue weighted by molar-refractivity contribution is 0.0621. The minimum atomic E-state index is -0.957. The largest absolute Gasteiger partial charge is 0.461 e. The number of nitrogens with zero attached hydrogens (tertiary/aromatic N) is 1. The molecule has 2 heterocycles. The van der Waals surface area contributed by atoms with Crippen molar-refractivity contribution in [1.29, 1.82) is 0 Å². The van der Waals surface area contributed by atoms with Gasteiger partial charge in [-0.25, -0.2) is 4.99 Å². The van der Waals surface area contributed by atoms with Crippen LogP contribution in [0.5, 0.6) is 0 Å². The van der Waals surface area contributed by atoms with E-state index in [2.05, 4.69) is 35.7 Å². The van der Waals surface area contributed by atoms with Crippen molar-refractivity contribution in [1.82, 2.24) is 0 Å². The van der Waals surface area contributed by atoms with Crippen molar-refractivity contribution in [2.75, 3.05) is 0 Å². The molecule has 1 aromatic heterocycles. The number of benzene rings is 3. The summed E-state index contributed by atoms with van der Waals surface area (Å²) >= 11 is 14.2. The molecule has 0 N–H and O–H groups in total. The summed E-state index contributed by atoms with van der Waals surface area (Å²) in [6.07, 6.45) is 2.00. The van der Waals surface area contributed by atoms with Crippen LogP contribution >= 0.6 is 34.5 Å². The van der Waals surface area contributed by atoms with Crippen LogP contribution in [0.2, 0.25) is 10.0 Å². The topological polar surface area (TPSA) is 21.6 Å². The van der Waals surface area contributed by atoms with Crippen molar-refractivity contribution in [2.45, 2.75) is 12.6 Å². The molecule has 5 rings (SSSR count). The molecule has 30 heavy (non-hydrogen) atoms. The van der Waals surface area contributed by atoms with Gasteiger partial charge in [-0.3, -0.25) is 0 Å². The van der Waals surface area contributed by atoms with Crippen molar-refractivity contribution < 1.29 is 4.74 Å². The fourth-order valence-corrected chi connectivity index (χ4v) is 4.81. The second kappa shape index (κ2) is 7.59. The molecule has 4 aromatic rings. The molecule has 1 atom stereocenters. The maximum atomic E-state index is 6.42. The number of fused-ring (bicyclic) bond motifs is 1. The fourth-order valence-electron chi connectivity index (χ4n) is 3.64. The van der Waals surface area contributed by atoms with E-state index in [0.29, 0.717) is 10.0 Å². The summed E-state index contributed by atoms with van der Waals surface area (Å²) in [6, 6.07) is 22.1. The van der Waals surface area contributed by atoms with E-state index in [4.69, 9.17) is 32.9 Å². The predicted octanol–water partition coefficient (Wildman–Crippen LogP) is 7.94. The summed E-state index contributed by atoms with van der Waals surface area (Å²) in [4.78, 5) is 5.01. The van der Waals surface area contributed by atoms with Crippen molar-refractivity contribution in [2.24, 2.45) is 4.99 Å². The van der Waals surface area contributed by atoms with Crippen LogP contribution in [0, 0.1) is 0 Å². The molecule has 148 valence electrons. The minimum Gasteiger partial charge on any atom is -0.461 e. The first-order valence-electron chi connectivity index (χ1n) is 9.49. The van der Waals surface area contributed by atoms with Crippen LogP contribution in [0.25, 0.3) is 16.5 Å². The third-order valence-electron chi connectivity index (χ3n) is 5.16. The quantitative estimate of drug-likeness (QED) is 0.310. The molecule has 5 heteroatoms. The third-order valence-corrected chi connectivity index (χ3v) is 6.28. The van der Waals surface area contributed by atoms with Crippen molar-refractivity contribution in [3.8, 4) is 0 Å². The van der Waals surface area contributed by atoms with E-state index in [1.807, 2.05) is 48.7 Å². The summed E-state index contributed by atoms with van der Waals surface area (Å²) in [5.41, 5.74) is 2.75. The van der Waals surface area contributed by atoms with Crippen molar-refractivity contribution >= 4 is 56.8 Å². The summed E-state index contributed by atoms with van der Waals surface area (Å²) in [6.45, 7) is 1.94. The van der Waals surface area contributed by atoms with E-state index in [9.17, 15) is 0 Å². The maximum Gasteiger partial charge on any atom is 0.224 e. The van der Waals surface area contributed by atoms with E-state index in [1.165, 1.54) is 10.8 Å². The molecule has 0 fully saturated rings. The molecule has 2 nitrogen and oxygen atoms in total. The molecule has 0 amide bonds. The van der Waals surface area contributed by atoms with Gasteiger partial charge in [0.25, 0.3) is 0 Å². The van der Waals surface area contributed by atoms with E-state index in [-0.39, 0.29) is 0 Å². The first-order chi connectivity index (χ1) is 14.5. The maximum absolute atomic E-state index is 6.42. The Balaban J connectivity index is 1.68. The van der Waals surface area contributed by atoms with Gasteiger partial charge in [0, 0.05) is 45.1 Å². The molecule has 0 bridgehead atoms. The zero-order valence-corrected chi connectivity index (χ0v) is 18.4. The summed E-state index contributed by atoms with van der Waals surface area (Å²) in [5.74, 6) is 0.771. The van der Waals surface area contributed by atoms with Crippen LogP contribution in [-0.2, 0) is 10.5 Å². The second-order valence-electron chi connectivity index (χ2n) is 7.32. The Labute approximate surface area is 189 Å². The minimum absolute atomic E-state index is 0.552. The Kier molecular flexibility index (Phi) is 4.90. The zero-order chi connectivity index (χ0) is 20.7. The number of rotatable bonds is 3. The fraction of sp³-hybridized carbons (Fsp3) is 0.0800. The van der Waals surface area contributed by atoms with Gasteiger partial charge in [-0.15, -0.1) is 0 Å². The Morgan fingerprint density at radius 1 is 0.867 bits per heavy atom. The van der Waals surface area contributed by atoms with Crippen LogP contribution in [0.3, 0.4) is 0 Å². The Bertz CT molecular complexity index is 1290. The Hall–Kier alpha value is -2.59. The van der Waals surface area contributed by atoms with Gasteiger partial charge in [0.2, 0.25) is 5.72 Å². The van der Waals surface area contributed by atoms with E-state index < -0.39 is 5.72 Å². The standard InChI is InChI=1S/C25H17Cl2NOS/c1-25(20-11-21(26)13-22(27)12-20)28-23(14-24(29-25)19-8-9-30-15-19)18-7-6-16-4-2-3-5-17(16)10-18/h2-15H,1H3. The van der Waals surface area contributed by atoms with E-state index in [1.54, 1.807) is 17.4 Å². The predicted molar refractivity (Wildman–Crippen MR) is 128 cm³/mol. The molecule has 0 spiro atoms. The number of aliphatic imine (C=N–C) groups is 1. The van der Waals surface area contributed by atoms with Crippen molar-refractivity contribution in [3.05, 3.63) is 110 Å². The molecule has 0 saturated heterocycles.